The Balaban J connectivity index is 0.00000162. The zero-order chi connectivity index (χ0) is 12.6. The fourth-order valence-corrected chi connectivity index (χ4v) is 3.07. The molecule has 3 nitrogen and oxygen atoms in total. The van der Waals surface area contributed by atoms with E-state index in [4.69, 9.17) is 0 Å². The molecule has 0 atom stereocenters. The first-order chi connectivity index (χ1) is 7.91. The van der Waals surface area contributed by atoms with Crippen molar-refractivity contribution in [3.8, 4) is 0 Å². The molecule has 5 heteroatoms. The quantitative estimate of drug-likeness (QED) is 0.676. The number of fused-ring (bicyclic) bond motifs is 1. The van der Waals surface area contributed by atoms with Gasteiger partial charge >= 0.3 is 0 Å². The molecule has 0 fully saturated rings. The van der Waals surface area contributed by atoms with Crippen molar-refractivity contribution in [2.45, 2.75) is 24.7 Å². The fraction of sp³-hybridized carbons (Fsp3) is 0.231. The van der Waals surface area contributed by atoms with Crippen LogP contribution >= 0.6 is 0 Å². The predicted molar refractivity (Wildman–Crippen MR) is 73.6 cm³/mol. The molecular formula is C13H14NaO3S. The largest absolute Gasteiger partial charge is 0.295 e. The molecule has 2 aromatic carbocycles. The standard InChI is InChI=1S/C13H14O3S.Na/c1-9(2)11-8-7-10-5-3-4-6-12(10)13(11)17(14,15)16;/h3-9H,1-2H3,(H,14,15,16);. The average molecular weight is 273 g/mol. The summed E-state index contributed by atoms with van der Waals surface area (Å²) >= 11 is 0. The molecule has 0 saturated heterocycles. The summed E-state index contributed by atoms with van der Waals surface area (Å²) in [5, 5.41) is 1.38. The van der Waals surface area contributed by atoms with Crippen LogP contribution in [0.2, 0.25) is 0 Å². The van der Waals surface area contributed by atoms with Gasteiger partial charge < -0.3 is 0 Å². The summed E-state index contributed by atoms with van der Waals surface area (Å²) in [5.74, 6) is 0.0385. The van der Waals surface area contributed by atoms with Crippen LogP contribution in [0.4, 0.5) is 0 Å². The van der Waals surface area contributed by atoms with E-state index in [9.17, 15) is 13.0 Å². The molecule has 0 aromatic heterocycles. The van der Waals surface area contributed by atoms with Crippen LogP contribution < -0.4 is 0 Å². The first-order valence-electron chi connectivity index (χ1n) is 5.40. The molecule has 0 aliphatic rings. The van der Waals surface area contributed by atoms with E-state index >= 15 is 0 Å². The minimum atomic E-state index is -4.21. The van der Waals surface area contributed by atoms with E-state index in [1.807, 2.05) is 32.0 Å². The Morgan fingerprint density at radius 3 is 2.22 bits per heavy atom. The molecule has 0 amide bonds. The van der Waals surface area contributed by atoms with Gasteiger partial charge in [0.25, 0.3) is 10.1 Å². The van der Waals surface area contributed by atoms with Gasteiger partial charge in [0, 0.05) is 34.9 Å². The van der Waals surface area contributed by atoms with Crippen LogP contribution in [-0.2, 0) is 10.1 Å². The van der Waals surface area contributed by atoms with Crippen molar-refractivity contribution in [3.63, 3.8) is 0 Å². The molecule has 2 aromatic rings. The Kier molecular flexibility index (Phi) is 4.98. The van der Waals surface area contributed by atoms with Crippen molar-refractivity contribution in [1.29, 1.82) is 0 Å². The maximum atomic E-state index is 11.5. The SMILES string of the molecule is CC(C)c1ccc2ccccc2c1S(=O)(=O)O.[Na]. The van der Waals surface area contributed by atoms with Crippen LogP contribution in [0.3, 0.4) is 0 Å². The predicted octanol–water partition coefficient (Wildman–Crippen LogP) is 2.83. The Bertz CT molecular complexity index is 663. The van der Waals surface area contributed by atoms with E-state index in [0.29, 0.717) is 10.9 Å². The van der Waals surface area contributed by atoms with Gasteiger partial charge in [-0.05, 0) is 16.9 Å². The summed E-state index contributed by atoms with van der Waals surface area (Å²) in [6, 6.07) is 10.8. The maximum absolute atomic E-state index is 11.5. The van der Waals surface area contributed by atoms with Crippen LogP contribution in [0.15, 0.2) is 41.3 Å². The van der Waals surface area contributed by atoms with E-state index in [1.165, 1.54) is 0 Å². The second-order valence-corrected chi connectivity index (χ2v) is 5.69. The minimum absolute atomic E-state index is 0. The van der Waals surface area contributed by atoms with E-state index in [2.05, 4.69) is 0 Å². The van der Waals surface area contributed by atoms with E-state index in [1.54, 1.807) is 18.2 Å². The summed E-state index contributed by atoms with van der Waals surface area (Å²) in [7, 11) is -4.21. The number of hydrogen-bond donors (Lipinski definition) is 1. The Morgan fingerprint density at radius 2 is 1.67 bits per heavy atom. The Hall–Kier alpha value is -0.390. The fourth-order valence-electron chi connectivity index (χ4n) is 2.00. The van der Waals surface area contributed by atoms with Crippen molar-refractivity contribution >= 4 is 50.4 Å². The van der Waals surface area contributed by atoms with Crippen LogP contribution in [0.5, 0.6) is 0 Å². The molecule has 0 spiro atoms. The molecule has 0 unspecified atom stereocenters. The molecular weight excluding hydrogens is 259 g/mol. The number of hydrogen-bond acceptors (Lipinski definition) is 2. The third kappa shape index (κ3) is 2.95. The molecule has 91 valence electrons. The normalized spacial score (nSPS) is 11.6. The molecule has 0 heterocycles. The topological polar surface area (TPSA) is 54.4 Å². The summed E-state index contributed by atoms with van der Waals surface area (Å²) in [6.45, 7) is 3.80. The van der Waals surface area contributed by atoms with Crippen LogP contribution in [0.1, 0.15) is 25.3 Å². The Labute approximate surface area is 129 Å². The van der Waals surface area contributed by atoms with Gasteiger partial charge in [-0.2, -0.15) is 8.42 Å². The van der Waals surface area contributed by atoms with Crippen molar-refractivity contribution in [2.24, 2.45) is 0 Å². The third-order valence-corrected chi connectivity index (χ3v) is 3.76. The van der Waals surface area contributed by atoms with Gasteiger partial charge in [0.1, 0.15) is 4.90 Å². The Morgan fingerprint density at radius 1 is 1.06 bits per heavy atom. The number of rotatable bonds is 2. The zero-order valence-corrected chi connectivity index (χ0v) is 13.5. The smallest absolute Gasteiger partial charge is 0.282 e. The zero-order valence-electron chi connectivity index (χ0n) is 10.7. The average Bonchev–Trinajstić information content (AvgIpc) is 2.26. The number of benzene rings is 2. The molecule has 1 radical (unpaired) electrons. The van der Waals surface area contributed by atoms with Gasteiger partial charge in [-0.25, -0.2) is 0 Å². The van der Waals surface area contributed by atoms with E-state index in [-0.39, 0.29) is 40.4 Å². The minimum Gasteiger partial charge on any atom is -0.282 e. The van der Waals surface area contributed by atoms with Crippen molar-refractivity contribution in [1.82, 2.24) is 0 Å². The molecule has 18 heavy (non-hydrogen) atoms. The summed E-state index contributed by atoms with van der Waals surface area (Å²) in [6.07, 6.45) is 0. The van der Waals surface area contributed by atoms with Gasteiger partial charge in [-0.15, -0.1) is 0 Å². The van der Waals surface area contributed by atoms with Crippen molar-refractivity contribution < 1.29 is 13.0 Å². The molecule has 0 saturated carbocycles. The third-order valence-electron chi connectivity index (χ3n) is 2.79. The van der Waals surface area contributed by atoms with Gasteiger partial charge in [0.2, 0.25) is 0 Å². The van der Waals surface area contributed by atoms with E-state index < -0.39 is 10.1 Å². The van der Waals surface area contributed by atoms with Gasteiger partial charge in [0.05, 0.1) is 0 Å². The van der Waals surface area contributed by atoms with Crippen LogP contribution in [0, 0.1) is 0 Å². The monoisotopic (exact) mass is 273 g/mol. The van der Waals surface area contributed by atoms with Gasteiger partial charge in [0.15, 0.2) is 0 Å². The van der Waals surface area contributed by atoms with Gasteiger partial charge in [-0.3, -0.25) is 4.55 Å². The van der Waals surface area contributed by atoms with Crippen molar-refractivity contribution in [3.05, 3.63) is 42.0 Å². The summed E-state index contributed by atoms with van der Waals surface area (Å²) < 4.78 is 32.4. The first kappa shape index (κ1) is 15.7. The summed E-state index contributed by atoms with van der Waals surface area (Å²) in [5.41, 5.74) is 0.645. The summed E-state index contributed by atoms with van der Waals surface area (Å²) in [4.78, 5) is 0.0330. The molecule has 1 N–H and O–H groups in total. The molecule has 0 aliphatic carbocycles. The van der Waals surface area contributed by atoms with Crippen molar-refractivity contribution in [2.75, 3.05) is 0 Å². The van der Waals surface area contributed by atoms with Crippen LogP contribution in [0.25, 0.3) is 10.8 Å². The molecule has 0 aliphatic heterocycles. The first-order valence-corrected chi connectivity index (χ1v) is 6.84. The molecule has 2 rings (SSSR count). The van der Waals surface area contributed by atoms with E-state index in [0.717, 1.165) is 5.39 Å². The van der Waals surface area contributed by atoms with Crippen LogP contribution in [-0.4, -0.2) is 42.5 Å². The second kappa shape index (κ2) is 5.72. The van der Waals surface area contributed by atoms with Gasteiger partial charge in [-0.1, -0.05) is 50.2 Å². The second-order valence-electron chi connectivity index (χ2n) is 4.33. The maximum Gasteiger partial charge on any atom is 0.295 e. The molecule has 0 bridgehead atoms.